The molecular formula is C29H34FN7O2S. The lowest BCUT2D eigenvalue weighted by molar-refractivity contribution is -0.142. The van der Waals surface area contributed by atoms with Crippen LogP contribution in [0.5, 0.6) is 0 Å². The Hall–Kier alpha value is -3.54. The number of hydrogen-bond acceptors (Lipinski definition) is 8. The number of amides is 1. The number of halogens is 1. The van der Waals surface area contributed by atoms with E-state index in [9.17, 15) is 14.3 Å². The SMILES string of the molecule is CCc1nc2c(C)ccc(N3CCN(CC(=O)N4CC(O)C4)CC3)n2c1N(C)c1nc(-c2ccc(F)cc2)cs1. The molecule has 0 unspecified atom stereocenters. The van der Waals surface area contributed by atoms with Gasteiger partial charge in [0.05, 0.1) is 24.0 Å². The summed E-state index contributed by atoms with van der Waals surface area (Å²) in [5.41, 5.74) is 4.72. The van der Waals surface area contributed by atoms with E-state index < -0.39 is 0 Å². The number of anilines is 3. The topological polar surface area (TPSA) is 80.5 Å². The van der Waals surface area contributed by atoms with Crippen molar-refractivity contribution in [2.24, 2.45) is 0 Å². The fourth-order valence-corrected chi connectivity index (χ4v) is 6.26. The first-order chi connectivity index (χ1) is 19.3. The Morgan fingerprint density at radius 3 is 2.50 bits per heavy atom. The van der Waals surface area contributed by atoms with E-state index in [1.165, 1.54) is 12.1 Å². The average molecular weight is 564 g/mol. The fraction of sp³-hybridized carbons (Fsp3) is 0.414. The lowest BCUT2D eigenvalue weighted by Gasteiger charge is -2.40. The Balaban J connectivity index is 1.27. The first-order valence-electron chi connectivity index (χ1n) is 13.7. The van der Waals surface area contributed by atoms with Gasteiger partial charge in [-0.2, -0.15) is 0 Å². The number of carbonyl (C=O) groups excluding carboxylic acids is 1. The van der Waals surface area contributed by atoms with Crippen LogP contribution in [0.3, 0.4) is 0 Å². The molecule has 2 saturated heterocycles. The maximum atomic E-state index is 13.4. The number of β-amino-alcohol motifs (C(OH)–C–C–N with tert-alkyl or cyclic N) is 1. The number of thiazole rings is 1. The first-order valence-corrected chi connectivity index (χ1v) is 14.6. The Morgan fingerprint density at radius 2 is 1.82 bits per heavy atom. The van der Waals surface area contributed by atoms with E-state index in [0.717, 1.165) is 77.5 Å². The number of aliphatic hydroxyl groups is 1. The third-order valence-corrected chi connectivity index (χ3v) is 8.75. The monoisotopic (exact) mass is 563 g/mol. The molecule has 0 aliphatic carbocycles. The highest BCUT2D eigenvalue weighted by Crippen LogP contribution is 2.36. The van der Waals surface area contributed by atoms with Gasteiger partial charge in [0, 0.05) is 57.3 Å². The molecular weight excluding hydrogens is 529 g/mol. The number of pyridine rings is 1. The van der Waals surface area contributed by atoms with Gasteiger partial charge in [-0.25, -0.2) is 14.4 Å². The third-order valence-electron chi connectivity index (χ3n) is 7.83. The van der Waals surface area contributed by atoms with Gasteiger partial charge in [0.25, 0.3) is 0 Å². The molecule has 2 fully saturated rings. The largest absolute Gasteiger partial charge is 0.389 e. The highest BCUT2D eigenvalue weighted by Gasteiger charge is 2.31. The van der Waals surface area contributed by atoms with Gasteiger partial charge >= 0.3 is 0 Å². The predicted molar refractivity (Wildman–Crippen MR) is 156 cm³/mol. The summed E-state index contributed by atoms with van der Waals surface area (Å²) in [4.78, 5) is 30.9. The molecule has 210 valence electrons. The van der Waals surface area contributed by atoms with Gasteiger partial charge < -0.3 is 19.8 Å². The van der Waals surface area contributed by atoms with Crippen molar-refractivity contribution in [1.82, 2.24) is 24.2 Å². The van der Waals surface area contributed by atoms with E-state index in [2.05, 4.69) is 45.1 Å². The molecule has 5 heterocycles. The molecule has 0 saturated carbocycles. The number of piperazine rings is 1. The van der Waals surface area contributed by atoms with Crippen LogP contribution in [-0.4, -0.2) is 94.1 Å². The number of nitrogens with zero attached hydrogens (tertiary/aromatic N) is 7. The molecule has 11 heteroatoms. The Labute approximate surface area is 237 Å². The van der Waals surface area contributed by atoms with E-state index in [-0.39, 0.29) is 17.8 Å². The van der Waals surface area contributed by atoms with Gasteiger partial charge in [-0.3, -0.25) is 14.1 Å². The van der Waals surface area contributed by atoms with Crippen LogP contribution in [0.1, 0.15) is 18.2 Å². The molecule has 3 aromatic heterocycles. The number of aromatic nitrogens is 3. The van der Waals surface area contributed by atoms with Gasteiger partial charge in [-0.1, -0.05) is 13.0 Å². The lowest BCUT2D eigenvalue weighted by atomic mass is 10.1. The van der Waals surface area contributed by atoms with E-state index in [4.69, 9.17) is 9.97 Å². The summed E-state index contributed by atoms with van der Waals surface area (Å²) in [5, 5.41) is 12.4. The molecule has 9 nitrogen and oxygen atoms in total. The molecule has 40 heavy (non-hydrogen) atoms. The molecule has 1 aromatic carbocycles. The lowest BCUT2D eigenvalue weighted by Crippen LogP contribution is -2.57. The summed E-state index contributed by atoms with van der Waals surface area (Å²) < 4.78 is 15.7. The highest BCUT2D eigenvalue weighted by molar-refractivity contribution is 7.14. The normalized spacial score (nSPS) is 16.5. The number of imidazole rings is 1. The number of benzene rings is 1. The smallest absolute Gasteiger partial charge is 0.236 e. The van der Waals surface area contributed by atoms with Crippen LogP contribution in [0.15, 0.2) is 41.8 Å². The van der Waals surface area contributed by atoms with Crippen LogP contribution in [0, 0.1) is 12.7 Å². The van der Waals surface area contributed by atoms with Crippen LogP contribution >= 0.6 is 11.3 Å². The maximum Gasteiger partial charge on any atom is 0.236 e. The van der Waals surface area contributed by atoms with Crippen LogP contribution in [-0.2, 0) is 11.2 Å². The van der Waals surface area contributed by atoms with E-state index in [0.29, 0.717) is 19.6 Å². The quantitative estimate of drug-likeness (QED) is 0.368. The summed E-state index contributed by atoms with van der Waals surface area (Å²) in [6.07, 6.45) is 0.400. The Morgan fingerprint density at radius 1 is 1.10 bits per heavy atom. The average Bonchev–Trinajstić information content (AvgIpc) is 3.58. The number of aryl methyl sites for hydroxylation is 2. The molecule has 0 radical (unpaired) electrons. The van der Waals surface area contributed by atoms with Crippen molar-refractivity contribution < 1.29 is 14.3 Å². The van der Waals surface area contributed by atoms with E-state index in [1.807, 2.05) is 12.4 Å². The highest BCUT2D eigenvalue weighted by atomic mass is 32.1. The second kappa shape index (κ2) is 10.8. The number of carbonyl (C=O) groups is 1. The van der Waals surface area contributed by atoms with Gasteiger partial charge in [0.15, 0.2) is 5.13 Å². The predicted octanol–water partition coefficient (Wildman–Crippen LogP) is 3.56. The van der Waals surface area contributed by atoms with Crippen molar-refractivity contribution in [3.8, 4) is 11.3 Å². The molecule has 0 bridgehead atoms. The number of fused-ring (bicyclic) bond motifs is 1. The summed E-state index contributed by atoms with van der Waals surface area (Å²) in [6, 6.07) is 10.7. The van der Waals surface area contributed by atoms with Crippen LogP contribution in [0.4, 0.5) is 21.2 Å². The zero-order valence-electron chi connectivity index (χ0n) is 23.0. The molecule has 0 spiro atoms. The van der Waals surface area contributed by atoms with Crippen LogP contribution < -0.4 is 9.80 Å². The maximum absolute atomic E-state index is 13.4. The Bertz CT molecular complexity index is 1520. The molecule has 2 aliphatic heterocycles. The van der Waals surface area contributed by atoms with Crippen molar-refractivity contribution in [2.75, 3.05) is 62.7 Å². The Kier molecular flexibility index (Phi) is 7.20. The number of rotatable bonds is 7. The molecule has 1 N–H and O–H groups in total. The van der Waals surface area contributed by atoms with Crippen LogP contribution in [0.2, 0.25) is 0 Å². The zero-order valence-corrected chi connectivity index (χ0v) is 23.9. The fourth-order valence-electron chi connectivity index (χ4n) is 5.46. The second-order valence-electron chi connectivity index (χ2n) is 10.6. The van der Waals surface area contributed by atoms with Crippen molar-refractivity contribution in [3.63, 3.8) is 0 Å². The van der Waals surface area contributed by atoms with Crippen molar-refractivity contribution in [1.29, 1.82) is 0 Å². The van der Waals surface area contributed by atoms with E-state index >= 15 is 0 Å². The van der Waals surface area contributed by atoms with E-state index in [1.54, 1.807) is 28.4 Å². The molecule has 1 amide bonds. The van der Waals surface area contributed by atoms with Gasteiger partial charge in [-0.05, 0) is 49.2 Å². The summed E-state index contributed by atoms with van der Waals surface area (Å²) in [5.74, 6) is 1.89. The van der Waals surface area contributed by atoms with Gasteiger partial charge in [0.1, 0.15) is 23.1 Å². The number of hydrogen-bond donors (Lipinski definition) is 1. The van der Waals surface area contributed by atoms with Crippen molar-refractivity contribution in [3.05, 3.63) is 58.9 Å². The standard InChI is InChI=1S/C29H34FN7O2S/c1-4-23-28(33(3)29-32-24(18-40-29)20-6-8-21(30)9-7-20)37-25(10-5-19(2)27(37)31-23)35-13-11-34(12-14-35)17-26(39)36-15-22(38)16-36/h5-10,18,22,38H,4,11-17H2,1-3H3. The molecule has 2 aliphatic rings. The minimum absolute atomic E-state index is 0.0889. The zero-order chi connectivity index (χ0) is 28.0. The number of likely N-dealkylation sites (tertiary alicyclic amines) is 1. The number of aliphatic hydroxyl groups excluding tert-OH is 1. The summed E-state index contributed by atoms with van der Waals surface area (Å²) in [6.45, 7) is 8.64. The molecule has 0 atom stereocenters. The molecule has 6 rings (SSSR count). The second-order valence-corrected chi connectivity index (χ2v) is 11.4. The van der Waals surface area contributed by atoms with Gasteiger partial charge in [-0.15, -0.1) is 11.3 Å². The summed E-state index contributed by atoms with van der Waals surface area (Å²) >= 11 is 1.55. The summed E-state index contributed by atoms with van der Waals surface area (Å²) in [7, 11) is 2.03. The third kappa shape index (κ3) is 4.93. The van der Waals surface area contributed by atoms with Crippen LogP contribution in [0.25, 0.3) is 16.9 Å². The van der Waals surface area contributed by atoms with Crippen molar-refractivity contribution in [2.45, 2.75) is 26.4 Å². The minimum Gasteiger partial charge on any atom is -0.389 e. The van der Waals surface area contributed by atoms with Gasteiger partial charge in [0.2, 0.25) is 5.91 Å². The first kappa shape index (κ1) is 26.7. The molecule has 4 aromatic rings. The van der Waals surface area contributed by atoms with Crippen molar-refractivity contribution >= 4 is 39.7 Å². The minimum atomic E-state index is -0.376.